The van der Waals surface area contributed by atoms with E-state index in [0.717, 1.165) is 0 Å². The molecule has 1 aliphatic rings. The van der Waals surface area contributed by atoms with Crippen LogP contribution in [0.15, 0.2) is 0 Å². The van der Waals surface area contributed by atoms with Gasteiger partial charge in [-0.05, 0) is 47.8 Å². The molecule has 0 atom stereocenters. The van der Waals surface area contributed by atoms with E-state index in [1.165, 1.54) is 0 Å². The predicted molar refractivity (Wildman–Crippen MR) is 90.8 cm³/mol. The molecule has 0 unspecified atom stereocenters. The van der Waals surface area contributed by atoms with E-state index in [-0.39, 0.29) is 9.68 Å². The number of aryl methyl sites for hydroxylation is 1. The Balaban J connectivity index is 2.92. The van der Waals surface area contributed by atoms with Gasteiger partial charge < -0.3 is 14.2 Å². The van der Waals surface area contributed by atoms with Crippen LogP contribution in [0, 0.1) is 0 Å². The molecule has 1 saturated heterocycles. The van der Waals surface area contributed by atoms with E-state index in [2.05, 4.69) is 4.98 Å². The summed E-state index contributed by atoms with van der Waals surface area (Å²) in [6.45, 7) is -11.2. The lowest BCUT2D eigenvalue weighted by Gasteiger charge is -2.32. The normalized spacial score (nSPS) is 34.5. The fourth-order valence-corrected chi connectivity index (χ4v) is 2.64. The second-order valence-electron chi connectivity index (χ2n) is 5.48. The Bertz CT molecular complexity index is 941. The van der Waals surface area contributed by atoms with Crippen LogP contribution in [0.4, 0.5) is 5.13 Å². The summed E-state index contributed by atoms with van der Waals surface area (Å²) in [5.41, 5.74) is -2.83. The molecule has 0 saturated carbocycles. The van der Waals surface area contributed by atoms with E-state index < -0.39 is 69.1 Å². The van der Waals surface area contributed by atoms with Crippen LogP contribution in [-0.2, 0) is 15.7 Å². The van der Waals surface area contributed by atoms with E-state index >= 15 is 0 Å². The summed E-state index contributed by atoms with van der Waals surface area (Å²) in [5.74, 6) is 0. The zero-order chi connectivity index (χ0) is 28.7. The molecule has 0 amide bonds. The lowest BCUT2D eigenvalue weighted by molar-refractivity contribution is 0.00578. The molecule has 0 bridgehead atoms. The molecule has 0 aromatic carbocycles. The third-order valence-corrected chi connectivity index (χ3v) is 4.70. The molecule has 0 aliphatic carbocycles. The predicted octanol–water partition coefficient (Wildman–Crippen LogP) is 2.85. The minimum absolute atomic E-state index is 0.210. The largest absolute Gasteiger partial charge is 0.507 e. The van der Waals surface area contributed by atoms with Gasteiger partial charge in [0.15, 0.2) is 5.13 Å². The molecule has 6 heteroatoms. The third kappa shape index (κ3) is 2.98. The van der Waals surface area contributed by atoms with Crippen LogP contribution in [0.1, 0.15) is 74.5 Å². The summed E-state index contributed by atoms with van der Waals surface area (Å²) in [6, 6.07) is 0. The first-order chi connectivity index (χ1) is 15.5. The lowest BCUT2D eigenvalue weighted by Crippen LogP contribution is -2.41. The summed E-state index contributed by atoms with van der Waals surface area (Å²) in [4.78, 5) is 3.61. The molecule has 1 aromatic heterocycles. The monoisotopic (exact) mass is 325 g/mol. The Hall–Kier alpha value is -0.585. The maximum Gasteiger partial charge on any atom is 0.507 e. The Morgan fingerprint density at radius 2 is 1.81 bits per heavy atom. The fourth-order valence-electron chi connectivity index (χ4n) is 1.74. The zero-order valence-electron chi connectivity index (χ0n) is 27.2. The van der Waals surface area contributed by atoms with Gasteiger partial charge in [0, 0.05) is 33.6 Å². The van der Waals surface area contributed by atoms with Crippen molar-refractivity contribution in [3.63, 3.8) is 0 Å². The highest BCUT2D eigenvalue weighted by atomic mass is 32.1. The average molecular weight is 325 g/mol. The quantitative estimate of drug-likeness (QED) is 0.780. The van der Waals surface area contributed by atoms with Gasteiger partial charge in [-0.25, -0.2) is 4.98 Å². The van der Waals surface area contributed by atoms with Crippen LogP contribution in [0.3, 0.4) is 0 Å². The standard InChI is InChI=1S/C15H27BN2O2S/c1-8-11-12(21-13(17-11)18(9-2)10-3)16-19-14(4,5)15(6,7)20-16/h8-10H2,1-7H3/i1D3,2D3,3D3,8D2,9D2,10D2. The SMILES string of the molecule is [2H]C([2H])([2H])C([2H])([2H])c1nc(N(C([2H])([2H])C([2H])([2H])[2H])C([2H])([2H])C([2H])([2H])[2H])sc1B1OC(C)(C)C(C)(C)O1. The van der Waals surface area contributed by atoms with Crippen molar-refractivity contribution in [1.29, 1.82) is 0 Å². The molecule has 1 fully saturated rings. The Labute approximate surface area is 154 Å². The van der Waals surface area contributed by atoms with Gasteiger partial charge in [0.1, 0.15) is 0 Å². The van der Waals surface area contributed by atoms with Crippen molar-refractivity contribution in [3.05, 3.63) is 5.69 Å². The van der Waals surface area contributed by atoms with Gasteiger partial charge in [0.05, 0.1) is 21.7 Å². The smallest absolute Gasteiger partial charge is 0.399 e. The van der Waals surface area contributed by atoms with Crippen molar-refractivity contribution in [2.75, 3.05) is 17.9 Å². The molecule has 0 spiro atoms. The second-order valence-corrected chi connectivity index (χ2v) is 6.49. The molecule has 21 heavy (non-hydrogen) atoms. The van der Waals surface area contributed by atoms with Crippen molar-refractivity contribution < 1.29 is 29.9 Å². The lowest BCUT2D eigenvalue weighted by atomic mass is 9.86. The molecule has 2 rings (SSSR count). The number of hydrogen-bond acceptors (Lipinski definition) is 5. The van der Waals surface area contributed by atoms with Crippen LogP contribution in [0.5, 0.6) is 0 Å². The maximum atomic E-state index is 8.24. The number of rotatable bonds is 5. The molecule has 1 aliphatic heterocycles. The summed E-state index contributed by atoms with van der Waals surface area (Å²) in [7, 11) is -1.45. The first-order valence-electron chi connectivity index (χ1n) is 13.7. The Morgan fingerprint density at radius 3 is 2.33 bits per heavy atom. The number of anilines is 1. The van der Waals surface area contributed by atoms with Gasteiger partial charge in [0.2, 0.25) is 0 Å². The zero-order valence-corrected chi connectivity index (χ0v) is 13.0. The summed E-state index contributed by atoms with van der Waals surface area (Å²) < 4.78 is 129. The van der Waals surface area contributed by atoms with E-state index in [9.17, 15) is 0 Å². The molecule has 4 nitrogen and oxygen atoms in total. The number of thiazole rings is 1. The Morgan fingerprint density at radius 1 is 1.19 bits per heavy atom. The summed E-state index contributed by atoms with van der Waals surface area (Å²) in [6.07, 6.45) is -3.22. The first-order valence-corrected chi connectivity index (χ1v) is 7.01. The summed E-state index contributed by atoms with van der Waals surface area (Å²) in [5, 5.41) is -0.912. The van der Waals surface area contributed by atoms with E-state index in [0.29, 0.717) is 11.3 Å². The third-order valence-electron chi connectivity index (χ3n) is 3.64. The van der Waals surface area contributed by atoms with Crippen molar-refractivity contribution in [2.45, 2.75) is 65.8 Å². The van der Waals surface area contributed by atoms with Crippen LogP contribution < -0.4 is 9.68 Å². The van der Waals surface area contributed by atoms with E-state index in [1.54, 1.807) is 27.7 Å². The fraction of sp³-hybridized carbons (Fsp3) is 0.800. The minimum atomic E-state index is -3.67. The van der Waals surface area contributed by atoms with Crippen molar-refractivity contribution in [1.82, 2.24) is 4.98 Å². The molecule has 0 radical (unpaired) electrons. The van der Waals surface area contributed by atoms with Gasteiger partial charge in [-0.1, -0.05) is 6.85 Å². The molecule has 118 valence electrons. The van der Waals surface area contributed by atoms with Crippen LogP contribution in [0.25, 0.3) is 0 Å². The van der Waals surface area contributed by atoms with Crippen molar-refractivity contribution in [2.24, 2.45) is 0 Å². The number of nitrogens with zero attached hydrogens (tertiary/aromatic N) is 2. The van der Waals surface area contributed by atoms with Crippen LogP contribution in [-0.4, -0.2) is 36.3 Å². The van der Waals surface area contributed by atoms with Gasteiger partial charge in [-0.15, -0.1) is 11.3 Å². The molecule has 1 aromatic rings. The van der Waals surface area contributed by atoms with Gasteiger partial charge in [-0.3, -0.25) is 0 Å². The molecule has 2 heterocycles. The van der Waals surface area contributed by atoms with Gasteiger partial charge in [0.25, 0.3) is 0 Å². The average Bonchev–Trinajstić information content (AvgIpc) is 3.10. The minimum Gasteiger partial charge on any atom is -0.399 e. The highest BCUT2D eigenvalue weighted by Gasteiger charge is 2.53. The van der Waals surface area contributed by atoms with E-state index in [1.807, 2.05) is 0 Å². The molecular weight excluding hydrogens is 283 g/mol. The Kier molecular flexibility index (Phi) is 1.63. The molecule has 0 N–H and O–H groups in total. The van der Waals surface area contributed by atoms with Gasteiger partial charge in [-0.2, -0.15) is 0 Å². The van der Waals surface area contributed by atoms with Crippen molar-refractivity contribution in [3.8, 4) is 0 Å². The summed E-state index contributed by atoms with van der Waals surface area (Å²) >= 11 is 0.290. The first kappa shape index (κ1) is 5.80. The second kappa shape index (κ2) is 5.90. The highest BCUT2D eigenvalue weighted by molar-refractivity contribution is 7.25. The van der Waals surface area contributed by atoms with Crippen LogP contribution in [0.2, 0.25) is 0 Å². The molecular formula is C15H27BN2O2S. The maximum absolute atomic E-state index is 8.24. The number of aromatic nitrogens is 1. The van der Waals surface area contributed by atoms with Crippen LogP contribution >= 0.6 is 11.3 Å². The van der Waals surface area contributed by atoms with E-state index in [4.69, 9.17) is 29.9 Å². The van der Waals surface area contributed by atoms with Gasteiger partial charge >= 0.3 is 7.12 Å². The highest BCUT2D eigenvalue weighted by Crippen LogP contribution is 2.37. The van der Waals surface area contributed by atoms with Crippen molar-refractivity contribution >= 4 is 28.4 Å². The topological polar surface area (TPSA) is 34.6 Å². The number of hydrogen-bond donors (Lipinski definition) is 0.